The molecule has 1 aromatic carbocycles. The molecule has 1 saturated carbocycles. The highest BCUT2D eigenvalue weighted by atomic mass is 32.2. The Balaban J connectivity index is 1.55. The number of sulfone groups is 1. The lowest BCUT2D eigenvalue weighted by Gasteiger charge is -2.28. The molecule has 2 aliphatic rings. The highest BCUT2D eigenvalue weighted by Gasteiger charge is 2.41. The van der Waals surface area contributed by atoms with Crippen molar-refractivity contribution in [2.24, 2.45) is 0 Å². The van der Waals surface area contributed by atoms with Gasteiger partial charge in [-0.1, -0.05) is 18.2 Å². The topological polar surface area (TPSA) is 63.7 Å². The smallest absolute Gasteiger partial charge is 0.226 e. The number of hydrogen-bond acceptors (Lipinski definition) is 4. The lowest BCUT2D eigenvalue weighted by Crippen LogP contribution is -2.43. The van der Waals surface area contributed by atoms with Crippen molar-refractivity contribution >= 4 is 15.7 Å². The van der Waals surface area contributed by atoms with Crippen molar-refractivity contribution in [1.82, 2.24) is 4.90 Å². The minimum atomic E-state index is -2.97. The molecule has 3 rings (SSSR count). The van der Waals surface area contributed by atoms with Crippen LogP contribution >= 0.6 is 0 Å². The van der Waals surface area contributed by atoms with E-state index in [4.69, 9.17) is 4.74 Å². The second kappa shape index (κ2) is 6.28. The van der Waals surface area contributed by atoms with Crippen molar-refractivity contribution in [1.29, 1.82) is 0 Å². The largest absolute Gasteiger partial charge is 0.493 e. The summed E-state index contributed by atoms with van der Waals surface area (Å²) < 4.78 is 28.9. The maximum Gasteiger partial charge on any atom is 0.226 e. The molecule has 1 heterocycles. The Hall–Kier alpha value is -1.56. The number of hydrogen-bond donors (Lipinski definition) is 0. The highest BCUT2D eigenvalue weighted by molar-refractivity contribution is 7.91. The molecule has 120 valence electrons. The summed E-state index contributed by atoms with van der Waals surface area (Å²) in [4.78, 5) is 14.3. The highest BCUT2D eigenvalue weighted by Crippen LogP contribution is 2.32. The second-order valence-corrected chi connectivity index (χ2v) is 8.23. The Labute approximate surface area is 131 Å². The van der Waals surface area contributed by atoms with Crippen molar-refractivity contribution in [3.63, 3.8) is 0 Å². The predicted octanol–water partition coefficient (Wildman–Crippen LogP) is 1.63. The Morgan fingerprint density at radius 1 is 1.14 bits per heavy atom. The van der Waals surface area contributed by atoms with E-state index in [1.54, 1.807) is 0 Å². The number of rotatable bonds is 6. The molecular weight excluding hydrogens is 302 g/mol. The molecule has 0 bridgehead atoms. The first-order valence-corrected chi connectivity index (χ1v) is 9.57. The molecule has 1 amide bonds. The second-order valence-electron chi connectivity index (χ2n) is 6.00. The molecule has 22 heavy (non-hydrogen) atoms. The van der Waals surface area contributed by atoms with Gasteiger partial charge in [0.1, 0.15) is 5.75 Å². The summed E-state index contributed by atoms with van der Waals surface area (Å²) in [6, 6.07) is 9.49. The molecule has 1 aromatic rings. The summed E-state index contributed by atoms with van der Waals surface area (Å²) in [5.41, 5.74) is 0. The van der Waals surface area contributed by atoms with Gasteiger partial charge in [-0.2, -0.15) is 0 Å². The SMILES string of the molecule is O=C(CCOc1ccccc1)N(C1CC1)C1CCS(=O)(=O)C1. The zero-order chi connectivity index (χ0) is 15.6. The normalized spacial score (nSPS) is 23.2. The van der Waals surface area contributed by atoms with Crippen LogP contribution in [-0.2, 0) is 14.6 Å². The van der Waals surface area contributed by atoms with Gasteiger partial charge >= 0.3 is 0 Å². The van der Waals surface area contributed by atoms with Crippen molar-refractivity contribution in [3.8, 4) is 5.75 Å². The maximum absolute atomic E-state index is 12.5. The molecule has 1 unspecified atom stereocenters. The molecule has 1 saturated heterocycles. The standard InChI is InChI=1S/C16H21NO4S/c18-16(8-10-21-15-4-2-1-3-5-15)17(13-6-7-13)14-9-11-22(19,20)12-14/h1-5,13-14H,6-12H2. The average molecular weight is 323 g/mol. The number of benzene rings is 1. The van der Waals surface area contributed by atoms with E-state index in [0.29, 0.717) is 19.4 Å². The third-order valence-electron chi connectivity index (χ3n) is 4.16. The quantitative estimate of drug-likeness (QED) is 0.798. The first kappa shape index (κ1) is 15.3. The van der Waals surface area contributed by atoms with Crippen molar-refractivity contribution < 1.29 is 17.9 Å². The number of carbonyl (C=O) groups is 1. The number of amides is 1. The summed E-state index contributed by atoms with van der Waals surface area (Å²) in [5.74, 6) is 1.08. The first-order chi connectivity index (χ1) is 10.6. The fraction of sp³-hybridized carbons (Fsp3) is 0.562. The van der Waals surface area contributed by atoms with Gasteiger partial charge in [0.05, 0.1) is 24.5 Å². The zero-order valence-electron chi connectivity index (χ0n) is 12.5. The third kappa shape index (κ3) is 3.80. The summed E-state index contributed by atoms with van der Waals surface area (Å²) in [7, 11) is -2.97. The molecule has 1 aliphatic carbocycles. The van der Waals surface area contributed by atoms with Gasteiger partial charge in [0.15, 0.2) is 9.84 Å². The van der Waals surface area contributed by atoms with Crippen LogP contribution in [0.1, 0.15) is 25.7 Å². The Morgan fingerprint density at radius 2 is 1.86 bits per heavy atom. The summed E-state index contributed by atoms with van der Waals surface area (Å²) in [6.07, 6.45) is 2.84. The molecule has 0 aromatic heterocycles. The third-order valence-corrected chi connectivity index (χ3v) is 5.91. The van der Waals surface area contributed by atoms with Crippen LogP contribution < -0.4 is 4.74 Å². The van der Waals surface area contributed by atoms with Crippen LogP contribution in [0.25, 0.3) is 0 Å². The van der Waals surface area contributed by atoms with Crippen LogP contribution in [0.2, 0.25) is 0 Å². The van der Waals surface area contributed by atoms with Gasteiger partial charge in [-0.3, -0.25) is 4.79 Å². The monoisotopic (exact) mass is 323 g/mol. The molecule has 0 N–H and O–H groups in total. The summed E-state index contributed by atoms with van der Waals surface area (Å²) >= 11 is 0. The molecule has 1 atom stereocenters. The van der Waals surface area contributed by atoms with Gasteiger partial charge in [-0.25, -0.2) is 8.42 Å². The molecule has 0 radical (unpaired) electrons. The minimum Gasteiger partial charge on any atom is -0.493 e. The Bertz CT molecular complexity index is 625. The van der Waals surface area contributed by atoms with Crippen LogP contribution in [0.15, 0.2) is 30.3 Å². The molecule has 1 aliphatic heterocycles. The van der Waals surface area contributed by atoms with Crippen molar-refractivity contribution in [2.75, 3.05) is 18.1 Å². The van der Waals surface area contributed by atoms with Crippen LogP contribution in [0.3, 0.4) is 0 Å². The van der Waals surface area contributed by atoms with Gasteiger partial charge in [0.25, 0.3) is 0 Å². The van der Waals surface area contributed by atoms with Crippen LogP contribution in [-0.4, -0.2) is 49.4 Å². The molecular formula is C16H21NO4S. The van der Waals surface area contributed by atoms with E-state index < -0.39 is 9.84 Å². The average Bonchev–Trinajstić information content (AvgIpc) is 3.24. The van der Waals surface area contributed by atoms with Crippen LogP contribution in [0, 0.1) is 0 Å². The fourth-order valence-corrected chi connectivity index (χ4v) is 4.67. The van der Waals surface area contributed by atoms with E-state index in [2.05, 4.69) is 0 Å². The van der Waals surface area contributed by atoms with Crippen LogP contribution in [0.4, 0.5) is 0 Å². The van der Waals surface area contributed by atoms with E-state index in [-0.39, 0.29) is 29.5 Å². The minimum absolute atomic E-state index is 0.0144. The van der Waals surface area contributed by atoms with E-state index in [1.807, 2.05) is 35.2 Å². The number of para-hydroxylation sites is 1. The first-order valence-electron chi connectivity index (χ1n) is 7.74. The fourth-order valence-electron chi connectivity index (χ4n) is 2.95. The van der Waals surface area contributed by atoms with Crippen LogP contribution in [0.5, 0.6) is 5.75 Å². The van der Waals surface area contributed by atoms with Crippen molar-refractivity contribution in [2.45, 2.75) is 37.8 Å². The molecule has 2 fully saturated rings. The predicted molar refractivity (Wildman–Crippen MR) is 83.5 cm³/mol. The van der Waals surface area contributed by atoms with Gasteiger partial charge in [-0.15, -0.1) is 0 Å². The number of nitrogens with zero attached hydrogens (tertiary/aromatic N) is 1. The lowest BCUT2D eigenvalue weighted by atomic mass is 10.2. The van der Waals surface area contributed by atoms with E-state index in [0.717, 1.165) is 18.6 Å². The maximum atomic E-state index is 12.5. The van der Waals surface area contributed by atoms with Gasteiger partial charge in [-0.05, 0) is 31.4 Å². The summed E-state index contributed by atoms with van der Waals surface area (Å²) in [5, 5.41) is 0. The van der Waals surface area contributed by atoms with Gasteiger partial charge in [0, 0.05) is 12.1 Å². The molecule has 0 spiro atoms. The zero-order valence-corrected chi connectivity index (χ0v) is 13.3. The van der Waals surface area contributed by atoms with Gasteiger partial charge < -0.3 is 9.64 Å². The summed E-state index contributed by atoms with van der Waals surface area (Å²) in [6.45, 7) is 0.325. The van der Waals surface area contributed by atoms with E-state index in [1.165, 1.54) is 0 Å². The number of carbonyl (C=O) groups excluding carboxylic acids is 1. The van der Waals surface area contributed by atoms with E-state index in [9.17, 15) is 13.2 Å². The van der Waals surface area contributed by atoms with Crippen molar-refractivity contribution in [3.05, 3.63) is 30.3 Å². The molecule has 6 heteroatoms. The van der Waals surface area contributed by atoms with E-state index >= 15 is 0 Å². The van der Waals surface area contributed by atoms with Gasteiger partial charge in [0.2, 0.25) is 5.91 Å². The molecule has 5 nitrogen and oxygen atoms in total. The Kier molecular flexibility index (Phi) is 4.38. The lowest BCUT2D eigenvalue weighted by molar-refractivity contribution is -0.134. The number of ether oxygens (including phenoxy) is 1. The Morgan fingerprint density at radius 3 is 2.45 bits per heavy atom.